The first-order valence-corrected chi connectivity index (χ1v) is 6.12. The lowest BCUT2D eigenvalue weighted by Gasteiger charge is -2.08. The van der Waals surface area contributed by atoms with Crippen LogP contribution < -0.4 is 15.8 Å². The average molecular weight is 293 g/mol. The SMILES string of the molecule is COc1ccc(C(=O)Nc2ccc(N)c(Cl)c2)cc1O. The first-order chi connectivity index (χ1) is 9.51. The largest absolute Gasteiger partial charge is 0.504 e. The van der Waals surface area contributed by atoms with Gasteiger partial charge in [-0.3, -0.25) is 4.79 Å². The van der Waals surface area contributed by atoms with Gasteiger partial charge in [-0.05, 0) is 36.4 Å². The zero-order valence-electron chi connectivity index (χ0n) is 10.7. The number of carbonyl (C=O) groups is 1. The number of rotatable bonds is 3. The average Bonchev–Trinajstić information content (AvgIpc) is 2.42. The number of nitrogen functional groups attached to an aromatic ring is 1. The number of carbonyl (C=O) groups excluding carboxylic acids is 1. The number of methoxy groups -OCH3 is 1. The summed E-state index contributed by atoms with van der Waals surface area (Å²) in [5.41, 5.74) is 6.85. The molecule has 0 aliphatic rings. The van der Waals surface area contributed by atoms with E-state index in [9.17, 15) is 9.90 Å². The van der Waals surface area contributed by atoms with Crippen LogP contribution in [0, 0.1) is 0 Å². The summed E-state index contributed by atoms with van der Waals surface area (Å²) < 4.78 is 4.91. The number of anilines is 2. The number of amides is 1. The van der Waals surface area contributed by atoms with E-state index in [1.807, 2.05) is 0 Å². The van der Waals surface area contributed by atoms with Crippen molar-refractivity contribution in [2.24, 2.45) is 0 Å². The molecule has 1 amide bonds. The molecule has 5 nitrogen and oxygen atoms in total. The Morgan fingerprint density at radius 2 is 2.05 bits per heavy atom. The molecule has 2 aromatic carbocycles. The van der Waals surface area contributed by atoms with E-state index in [0.717, 1.165) is 0 Å². The van der Waals surface area contributed by atoms with Crippen LogP contribution in [-0.2, 0) is 0 Å². The zero-order valence-corrected chi connectivity index (χ0v) is 11.4. The molecule has 4 N–H and O–H groups in total. The van der Waals surface area contributed by atoms with Crippen molar-refractivity contribution in [2.45, 2.75) is 0 Å². The van der Waals surface area contributed by atoms with Gasteiger partial charge in [0.2, 0.25) is 0 Å². The van der Waals surface area contributed by atoms with Crippen molar-refractivity contribution in [3.05, 3.63) is 47.0 Å². The Bertz CT molecular complexity index is 659. The fraction of sp³-hybridized carbons (Fsp3) is 0.0714. The Hall–Kier alpha value is -2.40. The summed E-state index contributed by atoms with van der Waals surface area (Å²) in [7, 11) is 1.44. The van der Waals surface area contributed by atoms with Gasteiger partial charge in [-0.1, -0.05) is 11.6 Å². The number of nitrogens with two attached hydrogens (primary N) is 1. The molecule has 0 spiro atoms. The Labute approximate surface area is 120 Å². The molecule has 2 rings (SSSR count). The van der Waals surface area contributed by atoms with Crippen LogP contribution in [0.4, 0.5) is 11.4 Å². The van der Waals surface area contributed by atoms with Crippen LogP contribution in [0.5, 0.6) is 11.5 Å². The van der Waals surface area contributed by atoms with Crippen molar-refractivity contribution in [2.75, 3.05) is 18.2 Å². The molecule has 20 heavy (non-hydrogen) atoms. The highest BCUT2D eigenvalue weighted by Gasteiger charge is 2.10. The van der Waals surface area contributed by atoms with Crippen molar-refractivity contribution in [3.8, 4) is 11.5 Å². The zero-order chi connectivity index (χ0) is 14.7. The molecular formula is C14H13ClN2O3. The van der Waals surface area contributed by atoms with Gasteiger partial charge in [0.05, 0.1) is 17.8 Å². The van der Waals surface area contributed by atoms with E-state index in [2.05, 4.69) is 5.32 Å². The molecule has 104 valence electrons. The first kappa shape index (κ1) is 14.0. The lowest BCUT2D eigenvalue weighted by Crippen LogP contribution is -2.11. The van der Waals surface area contributed by atoms with E-state index in [1.54, 1.807) is 24.3 Å². The number of phenols is 1. The monoisotopic (exact) mass is 292 g/mol. The van der Waals surface area contributed by atoms with Gasteiger partial charge in [0.1, 0.15) is 0 Å². The molecule has 0 heterocycles. The summed E-state index contributed by atoms with van der Waals surface area (Å²) in [6.45, 7) is 0. The highest BCUT2D eigenvalue weighted by atomic mass is 35.5. The molecule has 0 saturated carbocycles. The fourth-order valence-corrected chi connectivity index (χ4v) is 1.82. The standard InChI is InChI=1S/C14H13ClN2O3/c1-20-13-5-2-8(6-12(13)18)14(19)17-9-3-4-11(16)10(15)7-9/h2-7,18H,16H2,1H3,(H,17,19). The quantitative estimate of drug-likeness (QED) is 0.759. The molecule has 0 fully saturated rings. The second-order valence-corrected chi connectivity index (χ2v) is 4.48. The minimum absolute atomic E-state index is 0.101. The third-order valence-electron chi connectivity index (χ3n) is 2.70. The molecule has 0 radical (unpaired) electrons. The highest BCUT2D eigenvalue weighted by molar-refractivity contribution is 6.33. The number of nitrogens with one attached hydrogen (secondary N) is 1. The molecule has 0 bridgehead atoms. The number of hydrogen-bond acceptors (Lipinski definition) is 4. The molecule has 0 aliphatic carbocycles. The van der Waals surface area contributed by atoms with E-state index in [-0.39, 0.29) is 11.7 Å². The highest BCUT2D eigenvalue weighted by Crippen LogP contribution is 2.27. The van der Waals surface area contributed by atoms with E-state index in [1.165, 1.54) is 19.2 Å². The lowest BCUT2D eigenvalue weighted by atomic mass is 10.2. The summed E-state index contributed by atoms with van der Waals surface area (Å²) >= 11 is 5.88. The second kappa shape index (κ2) is 5.71. The van der Waals surface area contributed by atoms with Crippen LogP contribution in [0.1, 0.15) is 10.4 Å². The summed E-state index contributed by atoms with van der Waals surface area (Å²) in [6, 6.07) is 9.18. The number of aromatic hydroxyl groups is 1. The first-order valence-electron chi connectivity index (χ1n) is 5.74. The number of phenolic OH excluding ortho intramolecular Hbond substituents is 1. The summed E-state index contributed by atoms with van der Waals surface area (Å²) in [5, 5.41) is 12.7. The van der Waals surface area contributed by atoms with Crippen molar-refractivity contribution in [1.82, 2.24) is 0 Å². The normalized spacial score (nSPS) is 10.1. The number of hydrogen-bond donors (Lipinski definition) is 3. The van der Waals surface area contributed by atoms with Gasteiger partial charge in [-0.2, -0.15) is 0 Å². The van der Waals surface area contributed by atoms with E-state index < -0.39 is 0 Å². The van der Waals surface area contributed by atoms with Crippen LogP contribution in [0.25, 0.3) is 0 Å². The van der Waals surface area contributed by atoms with Crippen LogP contribution in [0.15, 0.2) is 36.4 Å². The van der Waals surface area contributed by atoms with Crippen LogP contribution in [-0.4, -0.2) is 18.1 Å². The van der Waals surface area contributed by atoms with Crippen molar-refractivity contribution < 1.29 is 14.6 Å². The minimum Gasteiger partial charge on any atom is -0.504 e. The van der Waals surface area contributed by atoms with Gasteiger partial charge in [-0.15, -0.1) is 0 Å². The molecule has 6 heteroatoms. The number of ether oxygens (including phenoxy) is 1. The summed E-state index contributed by atoms with van der Waals surface area (Å²) in [6.07, 6.45) is 0. The van der Waals surface area contributed by atoms with Crippen molar-refractivity contribution in [1.29, 1.82) is 0 Å². The molecule has 2 aromatic rings. The summed E-state index contributed by atoms with van der Waals surface area (Å²) in [5.74, 6) is -0.170. The Kier molecular flexibility index (Phi) is 4.00. The molecular weight excluding hydrogens is 280 g/mol. The predicted molar refractivity (Wildman–Crippen MR) is 78.5 cm³/mol. The van der Waals surface area contributed by atoms with Gasteiger partial charge in [0.15, 0.2) is 11.5 Å². The summed E-state index contributed by atoms with van der Waals surface area (Å²) in [4.78, 5) is 12.0. The van der Waals surface area contributed by atoms with Crippen LogP contribution in [0.3, 0.4) is 0 Å². The Balaban J connectivity index is 2.19. The van der Waals surface area contributed by atoms with E-state index >= 15 is 0 Å². The molecule has 0 unspecified atom stereocenters. The Morgan fingerprint density at radius 3 is 2.65 bits per heavy atom. The van der Waals surface area contributed by atoms with Gasteiger partial charge >= 0.3 is 0 Å². The molecule has 0 aromatic heterocycles. The van der Waals surface area contributed by atoms with E-state index in [0.29, 0.717) is 27.7 Å². The molecule has 0 aliphatic heterocycles. The van der Waals surface area contributed by atoms with Gasteiger partial charge in [-0.25, -0.2) is 0 Å². The maximum absolute atomic E-state index is 12.0. The second-order valence-electron chi connectivity index (χ2n) is 4.08. The van der Waals surface area contributed by atoms with Gasteiger partial charge in [0.25, 0.3) is 5.91 Å². The van der Waals surface area contributed by atoms with Crippen molar-refractivity contribution >= 4 is 28.9 Å². The minimum atomic E-state index is -0.371. The maximum Gasteiger partial charge on any atom is 0.255 e. The van der Waals surface area contributed by atoms with Crippen LogP contribution >= 0.6 is 11.6 Å². The smallest absolute Gasteiger partial charge is 0.255 e. The van der Waals surface area contributed by atoms with Gasteiger partial charge < -0.3 is 20.9 Å². The lowest BCUT2D eigenvalue weighted by molar-refractivity contribution is 0.102. The van der Waals surface area contributed by atoms with Crippen molar-refractivity contribution in [3.63, 3.8) is 0 Å². The number of halogens is 1. The third-order valence-corrected chi connectivity index (χ3v) is 3.03. The topological polar surface area (TPSA) is 84.6 Å². The number of benzene rings is 2. The Morgan fingerprint density at radius 1 is 1.30 bits per heavy atom. The maximum atomic E-state index is 12.0. The molecule has 0 saturated heterocycles. The predicted octanol–water partition coefficient (Wildman–Crippen LogP) is 2.89. The van der Waals surface area contributed by atoms with Crippen LogP contribution in [0.2, 0.25) is 5.02 Å². The van der Waals surface area contributed by atoms with Gasteiger partial charge in [0, 0.05) is 11.3 Å². The fourth-order valence-electron chi connectivity index (χ4n) is 1.64. The van der Waals surface area contributed by atoms with E-state index in [4.69, 9.17) is 22.1 Å². The molecule has 0 atom stereocenters. The third kappa shape index (κ3) is 2.95.